The molecule has 0 aliphatic carbocycles. The molecular weight excluding hydrogens is 326 g/mol. The fraction of sp³-hybridized carbons (Fsp3) is 0.278. The molecule has 6 heteroatoms. The number of halogens is 1. The highest BCUT2D eigenvalue weighted by atomic mass is 35.5. The van der Waals surface area contributed by atoms with Gasteiger partial charge in [0, 0.05) is 25.9 Å². The normalized spacial score (nSPS) is 10.3. The Morgan fingerprint density at radius 1 is 1.21 bits per heavy atom. The van der Waals surface area contributed by atoms with Crippen molar-refractivity contribution in [2.24, 2.45) is 0 Å². The lowest BCUT2D eigenvalue weighted by Crippen LogP contribution is -2.36. The molecule has 2 aromatic rings. The number of nitrogens with one attached hydrogen (secondary N) is 1. The molecule has 0 bridgehead atoms. The molecule has 0 aliphatic heterocycles. The van der Waals surface area contributed by atoms with Gasteiger partial charge < -0.3 is 10.2 Å². The van der Waals surface area contributed by atoms with Crippen LogP contribution in [0.15, 0.2) is 36.7 Å². The molecule has 0 saturated carbocycles. The van der Waals surface area contributed by atoms with Crippen molar-refractivity contribution in [1.29, 1.82) is 0 Å². The van der Waals surface area contributed by atoms with Gasteiger partial charge in [0.15, 0.2) is 0 Å². The number of aryl methyl sites for hydroxylation is 2. The Morgan fingerprint density at radius 3 is 2.46 bits per heavy atom. The first-order chi connectivity index (χ1) is 11.4. The molecule has 0 saturated heterocycles. The summed E-state index contributed by atoms with van der Waals surface area (Å²) in [6.07, 6.45) is 3.31. The Kier molecular flexibility index (Phi) is 5.93. The Balaban J connectivity index is 2.07. The highest BCUT2D eigenvalue weighted by molar-refractivity contribution is 6.34. The topological polar surface area (TPSA) is 62.3 Å². The Morgan fingerprint density at radius 2 is 1.88 bits per heavy atom. The van der Waals surface area contributed by atoms with Crippen LogP contribution in [0.3, 0.4) is 0 Å². The molecule has 1 heterocycles. The van der Waals surface area contributed by atoms with Crippen LogP contribution < -0.4 is 5.32 Å². The van der Waals surface area contributed by atoms with E-state index in [0.717, 1.165) is 16.7 Å². The Labute approximate surface area is 146 Å². The summed E-state index contributed by atoms with van der Waals surface area (Å²) in [5.74, 6) is -0.457. The van der Waals surface area contributed by atoms with Gasteiger partial charge in [-0.05, 0) is 48.7 Å². The van der Waals surface area contributed by atoms with E-state index in [-0.39, 0.29) is 18.4 Å². The molecule has 0 spiro atoms. The molecule has 0 radical (unpaired) electrons. The average molecular weight is 346 g/mol. The van der Waals surface area contributed by atoms with Gasteiger partial charge in [-0.1, -0.05) is 17.7 Å². The number of hydrogen-bond donors (Lipinski definition) is 1. The van der Waals surface area contributed by atoms with Crippen LogP contribution in [0.5, 0.6) is 0 Å². The third kappa shape index (κ3) is 4.80. The van der Waals surface area contributed by atoms with Gasteiger partial charge in [-0.3, -0.25) is 14.6 Å². The van der Waals surface area contributed by atoms with Crippen LogP contribution in [0.4, 0.5) is 5.69 Å². The monoisotopic (exact) mass is 345 g/mol. The fourth-order valence-electron chi connectivity index (χ4n) is 2.41. The zero-order chi connectivity index (χ0) is 17.7. The van der Waals surface area contributed by atoms with Crippen LogP contribution in [-0.2, 0) is 16.1 Å². The van der Waals surface area contributed by atoms with Crippen molar-refractivity contribution in [2.45, 2.75) is 27.3 Å². The zero-order valence-electron chi connectivity index (χ0n) is 14.0. The van der Waals surface area contributed by atoms with Crippen molar-refractivity contribution in [1.82, 2.24) is 9.88 Å². The van der Waals surface area contributed by atoms with Gasteiger partial charge in [-0.25, -0.2) is 0 Å². The minimum atomic E-state index is -0.284. The van der Waals surface area contributed by atoms with Crippen LogP contribution in [0, 0.1) is 13.8 Å². The van der Waals surface area contributed by atoms with Crippen LogP contribution in [0.2, 0.25) is 5.02 Å². The lowest BCUT2D eigenvalue weighted by atomic mass is 10.1. The second kappa shape index (κ2) is 7.93. The van der Waals surface area contributed by atoms with Crippen molar-refractivity contribution >= 4 is 29.1 Å². The molecule has 0 atom stereocenters. The van der Waals surface area contributed by atoms with E-state index in [1.54, 1.807) is 18.5 Å². The first-order valence-corrected chi connectivity index (χ1v) is 7.95. The van der Waals surface area contributed by atoms with Crippen LogP contribution in [-0.4, -0.2) is 28.2 Å². The van der Waals surface area contributed by atoms with E-state index in [1.807, 2.05) is 32.0 Å². The van der Waals surface area contributed by atoms with Gasteiger partial charge in [-0.2, -0.15) is 0 Å². The van der Waals surface area contributed by atoms with Crippen LogP contribution in [0.25, 0.3) is 0 Å². The Bertz CT molecular complexity index is 724. The van der Waals surface area contributed by atoms with Gasteiger partial charge in [-0.15, -0.1) is 0 Å². The number of carbonyl (C=O) groups is 2. The predicted molar refractivity (Wildman–Crippen MR) is 94.9 cm³/mol. The molecule has 24 heavy (non-hydrogen) atoms. The molecular formula is C18H20ClN3O2. The number of amides is 2. The van der Waals surface area contributed by atoms with Gasteiger partial charge in [0.1, 0.15) is 6.54 Å². The number of rotatable bonds is 5. The third-order valence-corrected chi connectivity index (χ3v) is 3.90. The van der Waals surface area contributed by atoms with E-state index >= 15 is 0 Å². The summed E-state index contributed by atoms with van der Waals surface area (Å²) in [4.78, 5) is 29.6. The van der Waals surface area contributed by atoms with Gasteiger partial charge >= 0.3 is 0 Å². The van der Waals surface area contributed by atoms with Gasteiger partial charge in [0.25, 0.3) is 0 Å². The number of nitrogens with zero attached hydrogens (tertiary/aromatic N) is 2. The molecule has 0 unspecified atom stereocenters. The summed E-state index contributed by atoms with van der Waals surface area (Å²) in [6.45, 7) is 5.58. The highest BCUT2D eigenvalue weighted by Gasteiger charge is 2.16. The van der Waals surface area contributed by atoms with E-state index in [1.165, 1.54) is 11.8 Å². The maximum Gasteiger partial charge on any atom is 0.244 e. The number of hydrogen-bond acceptors (Lipinski definition) is 3. The smallest absolute Gasteiger partial charge is 0.244 e. The van der Waals surface area contributed by atoms with E-state index < -0.39 is 0 Å². The second-order valence-corrected chi connectivity index (χ2v) is 6.12. The average Bonchev–Trinajstić information content (AvgIpc) is 2.51. The SMILES string of the molecule is CC(=O)N(CC(=O)Nc1c(C)cc(C)cc1Cl)Cc1ccncc1. The van der Waals surface area contributed by atoms with Gasteiger partial charge in [0.05, 0.1) is 10.7 Å². The first-order valence-electron chi connectivity index (χ1n) is 7.58. The predicted octanol–water partition coefficient (Wildman–Crippen LogP) is 3.34. The molecule has 0 fully saturated rings. The molecule has 2 amide bonds. The third-order valence-electron chi connectivity index (χ3n) is 3.60. The number of carbonyl (C=O) groups excluding carboxylic acids is 2. The van der Waals surface area contributed by atoms with E-state index in [0.29, 0.717) is 17.3 Å². The minimum absolute atomic E-state index is 0.0404. The summed E-state index contributed by atoms with van der Waals surface area (Å²) < 4.78 is 0. The van der Waals surface area contributed by atoms with E-state index in [4.69, 9.17) is 11.6 Å². The molecule has 0 aliphatic rings. The molecule has 2 rings (SSSR count). The lowest BCUT2D eigenvalue weighted by Gasteiger charge is -2.21. The number of anilines is 1. The largest absolute Gasteiger partial charge is 0.329 e. The van der Waals surface area contributed by atoms with Crippen LogP contribution in [0.1, 0.15) is 23.6 Å². The molecule has 1 aromatic heterocycles. The number of pyridine rings is 1. The first kappa shape index (κ1) is 17.9. The summed E-state index contributed by atoms with van der Waals surface area (Å²) >= 11 is 6.21. The maximum absolute atomic E-state index is 12.3. The van der Waals surface area contributed by atoms with Gasteiger partial charge in [0.2, 0.25) is 11.8 Å². The molecule has 5 nitrogen and oxygen atoms in total. The Hall–Kier alpha value is -2.40. The maximum atomic E-state index is 12.3. The lowest BCUT2D eigenvalue weighted by molar-refractivity contribution is -0.133. The summed E-state index contributed by atoms with van der Waals surface area (Å²) in [7, 11) is 0. The summed E-state index contributed by atoms with van der Waals surface area (Å²) in [6, 6.07) is 7.37. The minimum Gasteiger partial charge on any atom is -0.329 e. The summed E-state index contributed by atoms with van der Waals surface area (Å²) in [5, 5.41) is 3.29. The van der Waals surface area contributed by atoms with Crippen molar-refractivity contribution in [3.8, 4) is 0 Å². The molecule has 126 valence electrons. The quantitative estimate of drug-likeness (QED) is 0.904. The van der Waals surface area contributed by atoms with Crippen molar-refractivity contribution in [3.63, 3.8) is 0 Å². The van der Waals surface area contributed by atoms with Crippen LogP contribution >= 0.6 is 11.6 Å². The van der Waals surface area contributed by atoms with Crippen molar-refractivity contribution in [3.05, 3.63) is 58.4 Å². The fourth-order valence-corrected chi connectivity index (χ4v) is 2.78. The van der Waals surface area contributed by atoms with E-state index in [9.17, 15) is 9.59 Å². The summed E-state index contributed by atoms with van der Waals surface area (Å²) in [5.41, 5.74) is 3.41. The number of aromatic nitrogens is 1. The highest BCUT2D eigenvalue weighted by Crippen LogP contribution is 2.27. The second-order valence-electron chi connectivity index (χ2n) is 5.72. The molecule has 1 N–H and O–H groups in total. The molecule has 1 aromatic carbocycles. The number of benzene rings is 1. The zero-order valence-corrected chi connectivity index (χ0v) is 14.7. The van der Waals surface area contributed by atoms with Crippen molar-refractivity contribution < 1.29 is 9.59 Å². The van der Waals surface area contributed by atoms with Crippen molar-refractivity contribution in [2.75, 3.05) is 11.9 Å². The standard InChI is InChI=1S/C18H20ClN3O2/c1-12-8-13(2)18(16(19)9-12)21-17(24)11-22(14(3)23)10-15-4-6-20-7-5-15/h4-9H,10-11H2,1-3H3,(H,21,24). The van der Waals surface area contributed by atoms with E-state index in [2.05, 4.69) is 10.3 Å².